The van der Waals surface area contributed by atoms with E-state index in [4.69, 9.17) is 0 Å². The van der Waals surface area contributed by atoms with Crippen LogP contribution in [0, 0.1) is 5.92 Å². The molecule has 0 saturated carbocycles. The Morgan fingerprint density at radius 2 is 2.00 bits per heavy atom. The van der Waals surface area contributed by atoms with Crippen molar-refractivity contribution < 1.29 is 13.2 Å². The molecule has 0 spiro atoms. The van der Waals surface area contributed by atoms with Gasteiger partial charge in [-0.2, -0.15) is 0 Å². The second-order valence-electron chi connectivity index (χ2n) is 5.91. The van der Waals surface area contributed by atoms with Gasteiger partial charge in [0.1, 0.15) is 0 Å². The van der Waals surface area contributed by atoms with Gasteiger partial charge in [0.05, 0.1) is 11.4 Å². The lowest BCUT2D eigenvalue weighted by atomic mass is 10.0. The number of rotatable bonds is 5. The zero-order valence-corrected chi connectivity index (χ0v) is 14.0. The first kappa shape index (κ1) is 17.0. The van der Waals surface area contributed by atoms with Gasteiger partial charge in [-0.25, -0.2) is 13.1 Å². The smallest absolute Gasteiger partial charge is 0.241 e. The molecule has 0 bridgehead atoms. The molecule has 1 unspecified atom stereocenters. The van der Waals surface area contributed by atoms with Crippen molar-refractivity contribution in [2.75, 3.05) is 19.6 Å². The number of carbonyl (C=O) groups excluding carboxylic acids is 1. The van der Waals surface area contributed by atoms with Gasteiger partial charge in [0, 0.05) is 13.1 Å². The minimum absolute atomic E-state index is 0.152. The Balaban J connectivity index is 1.95. The summed E-state index contributed by atoms with van der Waals surface area (Å²) in [7, 11) is -3.63. The van der Waals surface area contributed by atoms with E-state index in [-0.39, 0.29) is 17.3 Å². The zero-order valence-electron chi connectivity index (χ0n) is 13.2. The van der Waals surface area contributed by atoms with Gasteiger partial charge in [-0.05, 0) is 42.9 Å². The van der Waals surface area contributed by atoms with Gasteiger partial charge in [-0.15, -0.1) is 0 Å². The molecule has 1 N–H and O–H groups in total. The van der Waals surface area contributed by atoms with Crippen molar-refractivity contribution in [1.82, 2.24) is 9.62 Å². The van der Waals surface area contributed by atoms with E-state index in [9.17, 15) is 13.2 Å². The molecule has 5 nitrogen and oxygen atoms in total. The molecule has 1 aromatic carbocycles. The fourth-order valence-electron chi connectivity index (χ4n) is 2.67. The summed E-state index contributed by atoms with van der Waals surface area (Å²) >= 11 is 0. The molecule has 0 radical (unpaired) electrons. The van der Waals surface area contributed by atoms with E-state index < -0.39 is 10.0 Å². The summed E-state index contributed by atoms with van der Waals surface area (Å²) in [4.78, 5) is 14.1. The molecule has 1 saturated heterocycles. The highest BCUT2D eigenvalue weighted by atomic mass is 32.2. The summed E-state index contributed by atoms with van der Waals surface area (Å²) in [5, 5.41) is 0. The number of piperidine rings is 1. The van der Waals surface area contributed by atoms with Crippen molar-refractivity contribution in [3.63, 3.8) is 0 Å². The molecular formula is C16H24N2O3S. The molecule has 1 aliphatic heterocycles. The first-order valence-corrected chi connectivity index (χ1v) is 9.27. The van der Waals surface area contributed by atoms with Crippen molar-refractivity contribution in [2.24, 2.45) is 5.92 Å². The Morgan fingerprint density at radius 1 is 1.32 bits per heavy atom. The third-order valence-electron chi connectivity index (χ3n) is 4.07. The standard InChI is InChI=1S/C16H24N2O3S/c1-3-14-6-8-15(9-7-14)22(20,21)17-11-16(19)18-10-4-5-13(2)12-18/h6-9,13,17H,3-5,10-12H2,1-2H3. The normalized spacial score (nSPS) is 19.2. The predicted octanol–water partition coefficient (Wildman–Crippen LogP) is 1.79. The molecule has 2 rings (SSSR count). The fraction of sp³-hybridized carbons (Fsp3) is 0.562. The van der Waals surface area contributed by atoms with Crippen LogP contribution in [0.5, 0.6) is 0 Å². The summed E-state index contributed by atoms with van der Waals surface area (Å²) in [6, 6.07) is 6.74. The van der Waals surface area contributed by atoms with Crippen molar-refractivity contribution >= 4 is 15.9 Å². The zero-order chi connectivity index (χ0) is 16.2. The molecule has 1 atom stereocenters. The first-order valence-electron chi connectivity index (χ1n) is 7.78. The molecule has 22 heavy (non-hydrogen) atoms. The van der Waals surface area contributed by atoms with Crippen molar-refractivity contribution in [3.8, 4) is 0 Å². The maximum atomic E-state index is 12.2. The van der Waals surface area contributed by atoms with E-state index in [2.05, 4.69) is 11.6 Å². The summed E-state index contributed by atoms with van der Waals surface area (Å²) in [6.07, 6.45) is 2.97. The second kappa shape index (κ2) is 7.24. The van der Waals surface area contributed by atoms with Crippen LogP contribution in [-0.4, -0.2) is 38.9 Å². The summed E-state index contributed by atoms with van der Waals surface area (Å²) in [5.74, 6) is 0.330. The van der Waals surface area contributed by atoms with Gasteiger partial charge < -0.3 is 4.90 Å². The number of benzene rings is 1. The quantitative estimate of drug-likeness (QED) is 0.898. The minimum atomic E-state index is -3.63. The van der Waals surface area contributed by atoms with Crippen LogP contribution in [-0.2, 0) is 21.2 Å². The number of nitrogens with one attached hydrogen (secondary N) is 1. The van der Waals surface area contributed by atoms with E-state index in [1.54, 1.807) is 29.2 Å². The molecule has 0 aliphatic carbocycles. The fourth-order valence-corrected chi connectivity index (χ4v) is 3.65. The first-order chi connectivity index (χ1) is 10.4. The highest BCUT2D eigenvalue weighted by Crippen LogP contribution is 2.15. The van der Waals surface area contributed by atoms with Gasteiger partial charge in [0.25, 0.3) is 0 Å². The van der Waals surface area contributed by atoms with Crippen LogP contribution in [0.3, 0.4) is 0 Å². The van der Waals surface area contributed by atoms with Gasteiger partial charge in [-0.3, -0.25) is 4.79 Å². The second-order valence-corrected chi connectivity index (χ2v) is 7.68. The highest BCUT2D eigenvalue weighted by molar-refractivity contribution is 7.89. The summed E-state index contributed by atoms with van der Waals surface area (Å²) < 4.78 is 26.8. The lowest BCUT2D eigenvalue weighted by Gasteiger charge is -2.31. The van der Waals surface area contributed by atoms with Crippen LogP contribution in [0.1, 0.15) is 32.3 Å². The van der Waals surface area contributed by atoms with Crippen LogP contribution >= 0.6 is 0 Å². The molecule has 6 heteroatoms. The van der Waals surface area contributed by atoms with Crippen LogP contribution in [0.15, 0.2) is 29.2 Å². The Hall–Kier alpha value is -1.40. The minimum Gasteiger partial charge on any atom is -0.341 e. The molecule has 122 valence electrons. The molecule has 0 aromatic heterocycles. The molecule has 1 amide bonds. The molecule has 1 aliphatic rings. The van der Waals surface area contributed by atoms with Crippen LogP contribution in [0.4, 0.5) is 0 Å². The van der Waals surface area contributed by atoms with Gasteiger partial charge in [-0.1, -0.05) is 26.0 Å². The van der Waals surface area contributed by atoms with Crippen molar-refractivity contribution in [1.29, 1.82) is 0 Å². The summed E-state index contributed by atoms with van der Waals surface area (Å²) in [5.41, 5.74) is 1.08. The number of carbonyl (C=O) groups is 1. The van der Waals surface area contributed by atoms with E-state index in [0.29, 0.717) is 12.5 Å². The summed E-state index contributed by atoms with van der Waals surface area (Å²) in [6.45, 7) is 5.38. The average Bonchev–Trinajstić information content (AvgIpc) is 2.52. The number of hydrogen-bond acceptors (Lipinski definition) is 3. The Morgan fingerprint density at radius 3 is 2.59 bits per heavy atom. The van der Waals surface area contributed by atoms with Crippen molar-refractivity contribution in [3.05, 3.63) is 29.8 Å². The maximum absolute atomic E-state index is 12.2. The maximum Gasteiger partial charge on any atom is 0.241 e. The van der Waals surface area contributed by atoms with E-state index in [1.165, 1.54) is 0 Å². The Kier molecular flexibility index (Phi) is 5.58. The highest BCUT2D eigenvalue weighted by Gasteiger charge is 2.22. The van der Waals surface area contributed by atoms with Gasteiger partial charge in [0.15, 0.2) is 0 Å². The van der Waals surface area contributed by atoms with Crippen LogP contribution < -0.4 is 4.72 Å². The molecule has 1 aromatic rings. The Labute approximate surface area is 132 Å². The average molecular weight is 324 g/mol. The van der Waals surface area contributed by atoms with E-state index >= 15 is 0 Å². The number of likely N-dealkylation sites (tertiary alicyclic amines) is 1. The number of nitrogens with zero attached hydrogens (tertiary/aromatic N) is 1. The lowest BCUT2D eigenvalue weighted by Crippen LogP contribution is -2.44. The predicted molar refractivity (Wildman–Crippen MR) is 86.0 cm³/mol. The topological polar surface area (TPSA) is 66.5 Å². The third-order valence-corrected chi connectivity index (χ3v) is 5.48. The van der Waals surface area contributed by atoms with Crippen molar-refractivity contribution in [2.45, 2.75) is 38.0 Å². The third kappa shape index (κ3) is 4.30. The largest absolute Gasteiger partial charge is 0.341 e. The van der Waals surface area contributed by atoms with Crippen LogP contribution in [0.2, 0.25) is 0 Å². The lowest BCUT2D eigenvalue weighted by molar-refractivity contribution is -0.131. The van der Waals surface area contributed by atoms with Gasteiger partial charge in [0.2, 0.25) is 15.9 Å². The number of aryl methyl sites for hydroxylation is 1. The molecule has 1 fully saturated rings. The number of hydrogen-bond donors (Lipinski definition) is 1. The number of amides is 1. The van der Waals surface area contributed by atoms with Crippen LogP contribution in [0.25, 0.3) is 0 Å². The molecule has 1 heterocycles. The monoisotopic (exact) mass is 324 g/mol. The van der Waals surface area contributed by atoms with E-state index in [0.717, 1.165) is 31.4 Å². The number of sulfonamides is 1. The Bertz CT molecular complexity index is 611. The molecular weight excluding hydrogens is 300 g/mol. The SMILES string of the molecule is CCc1ccc(S(=O)(=O)NCC(=O)N2CCCC(C)C2)cc1. The van der Waals surface area contributed by atoms with Gasteiger partial charge >= 0.3 is 0 Å². The van der Waals surface area contributed by atoms with E-state index in [1.807, 2.05) is 6.92 Å².